The van der Waals surface area contributed by atoms with E-state index in [9.17, 15) is 19.5 Å². The Balaban J connectivity index is 1.28. The zero-order chi connectivity index (χ0) is 27.4. The number of nitrogens with one attached hydrogen (secondary N) is 2. The number of piperidine rings is 1. The largest absolute Gasteiger partial charge is 0.480 e. The molecule has 8 heteroatoms. The Labute approximate surface area is 228 Å². The molecule has 1 aliphatic heterocycles. The van der Waals surface area contributed by atoms with Crippen LogP contribution in [-0.2, 0) is 20.9 Å². The van der Waals surface area contributed by atoms with Crippen LogP contribution in [0.25, 0.3) is 11.1 Å². The van der Waals surface area contributed by atoms with Crippen LogP contribution in [0.5, 0.6) is 0 Å². The topological polar surface area (TPSA) is 108 Å². The number of benzene rings is 3. The molecule has 1 fully saturated rings. The van der Waals surface area contributed by atoms with Crippen molar-refractivity contribution in [3.8, 4) is 11.1 Å². The summed E-state index contributed by atoms with van der Waals surface area (Å²) in [5, 5.41) is 14.7. The van der Waals surface area contributed by atoms with E-state index in [0.29, 0.717) is 25.9 Å². The molecule has 3 aromatic carbocycles. The molecule has 1 saturated heterocycles. The molecule has 0 radical (unpaired) electrons. The zero-order valence-electron chi connectivity index (χ0n) is 21.9. The van der Waals surface area contributed by atoms with E-state index in [2.05, 4.69) is 39.8 Å². The summed E-state index contributed by atoms with van der Waals surface area (Å²) in [5.74, 6) is -1.75. The molecule has 2 aliphatic rings. The molecule has 0 spiro atoms. The average molecular weight is 528 g/mol. The van der Waals surface area contributed by atoms with Crippen LogP contribution in [0.3, 0.4) is 0 Å². The number of nitrogens with zero attached hydrogens (tertiary/aromatic N) is 1. The first-order chi connectivity index (χ1) is 18.9. The molecule has 8 nitrogen and oxygen atoms in total. The summed E-state index contributed by atoms with van der Waals surface area (Å²) in [6.07, 6.45) is -0.0174. The van der Waals surface area contributed by atoms with Gasteiger partial charge in [-0.1, -0.05) is 78.9 Å². The monoisotopic (exact) mass is 527 g/mol. The number of carbonyl (C=O) groups excluding carboxylic acids is 2. The zero-order valence-corrected chi connectivity index (χ0v) is 21.9. The minimum atomic E-state index is -1.26. The summed E-state index contributed by atoms with van der Waals surface area (Å²) in [4.78, 5) is 40.1. The number of hydrogen-bond donors (Lipinski definition) is 3. The lowest BCUT2D eigenvalue weighted by atomic mass is 9.86. The van der Waals surface area contributed by atoms with Gasteiger partial charge in [0.05, 0.1) is 0 Å². The standard InChI is InChI=1S/C31H33N3O5/c1-21(28(35)36)32-29(37)31(15-17-34(18-16-31)19-22-9-3-2-4-10-22)33-30(38)39-20-27-25-13-7-5-11-23(25)24-12-6-8-14-26(24)27/h2-14,21,27H,15-20H2,1H3,(H,32,37)(H,33,38)(H,35,36). The molecule has 1 atom stereocenters. The third-order valence-corrected chi connectivity index (χ3v) is 7.80. The van der Waals surface area contributed by atoms with Crippen molar-refractivity contribution in [3.05, 3.63) is 95.6 Å². The molecule has 2 amide bonds. The lowest BCUT2D eigenvalue weighted by Gasteiger charge is -2.41. The van der Waals surface area contributed by atoms with E-state index in [4.69, 9.17) is 4.74 Å². The van der Waals surface area contributed by atoms with Crippen molar-refractivity contribution in [2.45, 2.75) is 43.8 Å². The van der Waals surface area contributed by atoms with E-state index < -0.39 is 29.6 Å². The third-order valence-electron chi connectivity index (χ3n) is 7.80. The van der Waals surface area contributed by atoms with E-state index in [1.54, 1.807) is 0 Å². The van der Waals surface area contributed by atoms with Crippen molar-refractivity contribution in [3.63, 3.8) is 0 Å². The van der Waals surface area contributed by atoms with Gasteiger partial charge < -0.3 is 20.5 Å². The summed E-state index contributed by atoms with van der Waals surface area (Å²) in [6, 6.07) is 25.2. The number of carboxylic acids is 1. The summed E-state index contributed by atoms with van der Waals surface area (Å²) in [7, 11) is 0. The SMILES string of the molecule is CC(NC(=O)C1(NC(=O)OCC2c3ccccc3-c3ccccc32)CCN(Cc2ccccc2)CC1)C(=O)O. The fourth-order valence-electron chi connectivity index (χ4n) is 5.57. The molecule has 3 N–H and O–H groups in total. The van der Waals surface area contributed by atoms with Crippen molar-refractivity contribution in [2.24, 2.45) is 0 Å². The molecule has 0 saturated carbocycles. The van der Waals surface area contributed by atoms with Crippen LogP contribution in [-0.4, -0.2) is 59.3 Å². The van der Waals surface area contributed by atoms with Gasteiger partial charge in [0.2, 0.25) is 5.91 Å². The number of hydrogen-bond acceptors (Lipinski definition) is 5. The molecule has 0 aromatic heterocycles. The van der Waals surface area contributed by atoms with Gasteiger partial charge in [-0.25, -0.2) is 4.79 Å². The maximum atomic E-state index is 13.4. The van der Waals surface area contributed by atoms with Crippen LogP contribution in [0.15, 0.2) is 78.9 Å². The number of carbonyl (C=O) groups is 3. The van der Waals surface area contributed by atoms with Gasteiger partial charge in [0.15, 0.2) is 0 Å². The van der Waals surface area contributed by atoms with Gasteiger partial charge in [-0.15, -0.1) is 0 Å². The van der Waals surface area contributed by atoms with Crippen molar-refractivity contribution >= 4 is 18.0 Å². The molecule has 39 heavy (non-hydrogen) atoms. The first-order valence-corrected chi connectivity index (χ1v) is 13.3. The average Bonchev–Trinajstić information content (AvgIpc) is 3.27. The van der Waals surface area contributed by atoms with Crippen molar-refractivity contribution < 1.29 is 24.2 Å². The maximum absolute atomic E-state index is 13.4. The number of carboxylic acid groups (broad SMARTS) is 1. The van der Waals surface area contributed by atoms with Crippen LogP contribution < -0.4 is 10.6 Å². The van der Waals surface area contributed by atoms with E-state index in [1.165, 1.54) is 12.5 Å². The molecule has 202 valence electrons. The van der Waals surface area contributed by atoms with Gasteiger partial charge in [-0.05, 0) is 47.6 Å². The Morgan fingerprint density at radius 1 is 0.923 bits per heavy atom. The molecule has 3 aromatic rings. The van der Waals surface area contributed by atoms with Crippen molar-refractivity contribution in [2.75, 3.05) is 19.7 Å². The molecule has 5 rings (SSSR count). The number of rotatable bonds is 8. The lowest BCUT2D eigenvalue weighted by Crippen LogP contribution is -2.64. The fourth-order valence-corrected chi connectivity index (χ4v) is 5.57. The van der Waals surface area contributed by atoms with Crippen molar-refractivity contribution in [1.29, 1.82) is 0 Å². The van der Waals surface area contributed by atoms with E-state index in [0.717, 1.165) is 28.8 Å². The number of likely N-dealkylation sites (tertiary alicyclic amines) is 1. The summed E-state index contributed by atoms with van der Waals surface area (Å²) < 4.78 is 5.73. The second-order valence-corrected chi connectivity index (χ2v) is 10.3. The van der Waals surface area contributed by atoms with Crippen LogP contribution in [0.2, 0.25) is 0 Å². The minimum Gasteiger partial charge on any atom is -0.480 e. The Morgan fingerprint density at radius 2 is 1.49 bits per heavy atom. The highest BCUT2D eigenvalue weighted by Crippen LogP contribution is 2.44. The number of ether oxygens (including phenoxy) is 1. The first kappa shape index (κ1) is 26.4. The molecule has 0 bridgehead atoms. The quantitative estimate of drug-likeness (QED) is 0.406. The van der Waals surface area contributed by atoms with E-state index in [-0.39, 0.29) is 12.5 Å². The van der Waals surface area contributed by atoms with Crippen molar-refractivity contribution in [1.82, 2.24) is 15.5 Å². The molecule has 1 unspecified atom stereocenters. The maximum Gasteiger partial charge on any atom is 0.408 e. The summed E-state index contributed by atoms with van der Waals surface area (Å²) in [6.45, 7) is 3.39. The normalized spacial score (nSPS) is 16.9. The highest BCUT2D eigenvalue weighted by Gasteiger charge is 2.44. The van der Waals surface area contributed by atoms with Gasteiger partial charge in [-0.2, -0.15) is 0 Å². The lowest BCUT2D eigenvalue weighted by molar-refractivity contribution is -0.142. The molecular formula is C31H33N3O5. The molecule has 1 aliphatic carbocycles. The Morgan fingerprint density at radius 3 is 2.08 bits per heavy atom. The first-order valence-electron chi connectivity index (χ1n) is 13.3. The number of fused-ring (bicyclic) bond motifs is 3. The van der Waals surface area contributed by atoms with Gasteiger partial charge in [0, 0.05) is 25.6 Å². The second-order valence-electron chi connectivity index (χ2n) is 10.3. The Hall–Kier alpha value is -4.17. The van der Waals surface area contributed by atoms with E-state index in [1.807, 2.05) is 54.6 Å². The Bertz CT molecular complexity index is 1310. The summed E-state index contributed by atoms with van der Waals surface area (Å²) >= 11 is 0. The smallest absolute Gasteiger partial charge is 0.408 e. The highest BCUT2D eigenvalue weighted by atomic mass is 16.5. The predicted molar refractivity (Wildman–Crippen MR) is 147 cm³/mol. The van der Waals surface area contributed by atoms with Crippen LogP contribution in [0.4, 0.5) is 4.79 Å². The minimum absolute atomic E-state index is 0.104. The van der Waals surface area contributed by atoms with E-state index >= 15 is 0 Å². The van der Waals surface area contributed by atoms with Gasteiger partial charge in [-0.3, -0.25) is 14.5 Å². The second kappa shape index (κ2) is 11.3. The molecule has 1 heterocycles. The summed E-state index contributed by atoms with van der Waals surface area (Å²) in [5.41, 5.74) is 4.36. The van der Waals surface area contributed by atoms with Crippen LogP contribution in [0.1, 0.15) is 42.4 Å². The Kier molecular flexibility index (Phi) is 7.65. The van der Waals surface area contributed by atoms with Gasteiger partial charge in [0.25, 0.3) is 0 Å². The number of aliphatic carboxylic acids is 1. The highest BCUT2D eigenvalue weighted by molar-refractivity contribution is 5.92. The number of alkyl carbamates (subject to hydrolysis) is 1. The molecular weight excluding hydrogens is 494 g/mol. The third kappa shape index (κ3) is 5.66. The predicted octanol–water partition coefficient (Wildman–Crippen LogP) is 4.15. The van der Waals surface area contributed by atoms with Gasteiger partial charge in [0.1, 0.15) is 18.2 Å². The van der Waals surface area contributed by atoms with Crippen LogP contribution in [0, 0.1) is 0 Å². The van der Waals surface area contributed by atoms with Crippen LogP contribution >= 0.6 is 0 Å². The number of amides is 2. The fraction of sp³-hybridized carbons (Fsp3) is 0.323. The van der Waals surface area contributed by atoms with Gasteiger partial charge >= 0.3 is 12.1 Å².